The van der Waals surface area contributed by atoms with Gasteiger partial charge in [-0.1, -0.05) is 13.8 Å². The summed E-state index contributed by atoms with van der Waals surface area (Å²) in [7, 11) is 3.25. The molecule has 20 heavy (non-hydrogen) atoms. The Morgan fingerprint density at radius 1 is 1.05 bits per heavy atom. The van der Waals surface area contributed by atoms with Crippen LogP contribution in [0.5, 0.6) is 0 Å². The zero-order valence-corrected chi connectivity index (χ0v) is 12.7. The van der Waals surface area contributed by atoms with E-state index < -0.39 is 17.8 Å². The molecule has 2 saturated carbocycles. The standard InChI is InChI=1S/C10H13F4N.C2H6O.C2H6/c11-9(12)3-8(4-9)5-15(6-8)2-7-1-10(7,13)14;1-3-2;1-2/h7H,1-6H2;1-2H3;1-2H3. The summed E-state index contributed by atoms with van der Waals surface area (Å²) in [5.41, 5.74) is -0.228. The fourth-order valence-corrected chi connectivity index (χ4v) is 3.08. The SMILES string of the molecule is CC.COC.FC1(F)CC2(CN(CC3CC3(F)F)C2)C1. The number of hydrogen-bond acceptors (Lipinski definition) is 2. The van der Waals surface area contributed by atoms with Crippen molar-refractivity contribution in [3.63, 3.8) is 0 Å². The van der Waals surface area contributed by atoms with Gasteiger partial charge in [-0.3, -0.25) is 0 Å². The maximum atomic E-state index is 12.6. The van der Waals surface area contributed by atoms with Gasteiger partial charge in [-0.2, -0.15) is 0 Å². The molecule has 6 heteroatoms. The second-order valence-electron chi connectivity index (χ2n) is 5.95. The molecule has 120 valence electrons. The molecule has 0 amide bonds. The van der Waals surface area contributed by atoms with Gasteiger partial charge >= 0.3 is 0 Å². The van der Waals surface area contributed by atoms with Crippen molar-refractivity contribution in [2.45, 2.75) is 45.0 Å². The van der Waals surface area contributed by atoms with Crippen LogP contribution in [0.4, 0.5) is 17.6 Å². The van der Waals surface area contributed by atoms with Crippen molar-refractivity contribution >= 4 is 0 Å². The average molecular weight is 299 g/mol. The van der Waals surface area contributed by atoms with Gasteiger partial charge in [0.2, 0.25) is 5.92 Å². The normalized spacial score (nSPS) is 30.9. The second kappa shape index (κ2) is 6.18. The summed E-state index contributed by atoms with van der Waals surface area (Å²) in [6.45, 7) is 5.57. The van der Waals surface area contributed by atoms with Crippen molar-refractivity contribution in [1.29, 1.82) is 0 Å². The summed E-state index contributed by atoms with van der Waals surface area (Å²) in [6.07, 6.45) is -0.109. The Labute approximate surface area is 118 Å². The Morgan fingerprint density at radius 2 is 1.45 bits per heavy atom. The van der Waals surface area contributed by atoms with E-state index in [1.165, 1.54) is 0 Å². The first-order chi connectivity index (χ1) is 9.22. The summed E-state index contributed by atoms with van der Waals surface area (Å²) in [6, 6.07) is 0. The van der Waals surface area contributed by atoms with Crippen LogP contribution in [0.15, 0.2) is 0 Å². The minimum atomic E-state index is -2.49. The number of nitrogens with zero attached hydrogens (tertiary/aromatic N) is 1. The first-order valence-corrected chi connectivity index (χ1v) is 7.10. The summed E-state index contributed by atoms with van der Waals surface area (Å²) < 4.78 is 54.7. The van der Waals surface area contributed by atoms with E-state index in [-0.39, 0.29) is 24.7 Å². The molecule has 0 bridgehead atoms. The molecule has 1 atom stereocenters. The molecule has 3 fully saturated rings. The molecule has 0 radical (unpaired) electrons. The van der Waals surface area contributed by atoms with Crippen LogP contribution in [0.2, 0.25) is 0 Å². The van der Waals surface area contributed by atoms with Crippen molar-refractivity contribution in [2.75, 3.05) is 33.9 Å². The number of rotatable bonds is 2. The monoisotopic (exact) mass is 299 g/mol. The lowest BCUT2D eigenvalue weighted by molar-refractivity contribution is -0.214. The first-order valence-electron chi connectivity index (χ1n) is 7.10. The topological polar surface area (TPSA) is 12.5 Å². The number of alkyl halides is 4. The number of halogens is 4. The molecule has 3 aliphatic rings. The second-order valence-corrected chi connectivity index (χ2v) is 5.95. The lowest BCUT2D eigenvalue weighted by Crippen LogP contribution is -2.65. The van der Waals surface area contributed by atoms with Gasteiger partial charge in [0.25, 0.3) is 5.92 Å². The Kier molecular flexibility index (Phi) is 5.46. The highest BCUT2D eigenvalue weighted by atomic mass is 19.3. The van der Waals surface area contributed by atoms with E-state index in [0.717, 1.165) is 0 Å². The van der Waals surface area contributed by atoms with E-state index in [0.29, 0.717) is 19.6 Å². The number of methoxy groups -OCH3 is 1. The third kappa shape index (κ3) is 4.07. The first kappa shape index (κ1) is 17.7. The Morgan fingerprint density at radius 3 is 1.75 bits per heavy atom. The van der Waals surface area contributed by atoms with Gasteiger partial charge in [0, 0.05) is 64.4 Å². The van der Waals surface area contributed by atoms with Gasteiger partial charge in [0.05, 0.1) is 0 Å². The minimum absolute atomic E-state index is 0.0212. The fraction of sp³-hybridized carbons (Fsp3) is 1.00. The Hall–Kier alpha value is -0.360. The largest absolute Gasteiger partial charge is 0.388 e. The molecule has 1 unspecified atom stereocenters. The smallest absolute Gasteiger partial charge is 0.252 e. The quantitative estimate of drug-likeness (QED) is 0.722. The van der Waals surface area contributed by atoms with Crippen LogP contribution < -0.4 is 0 Å². The Bertz CT molecular complexity index is 306. The maximum absolute atomic E-state index is 12.6. The van der Waals surface area contributed by atoms with Crippen molar-refractivity contribution < 1.29 is 22.3 Å². The average Bonchev–Trinajstić information content (AvgIpc) is 2.85. The minimum Gasteiger partial charge on any atom is -0.388 e. The molecule has 2 aliphatic carbocycles. The zero-order valence-electron chi connectivity index (χ0n) is 12.7. The van der Waals surface area contributed by atoms with Crippen molar-refractivity contribution in [3.8, 4) is 0 Å². The molecule has 2 nitrogen and oxygen atoms in total. The number of likely N-dealkylation sites (tertiary alicyclic amines) is 1. The Balaban J connectivity index is 0.000000357. The van der Waals surface area contributed by atoms with Crippen LogP contribution in [0.25, 0.3) is 0 Å². The van der Waals surface area contributed by atoms with Crippen molar-refractivity contribution in [1.82, 2.24) is 4.90 Å². The van der Waals surface area contributed by atoms with E-state index >= 15 is 0 Å². The van der Waals surface area contributed by atoms with Crippen molar-refractivity contribution in [2.24, 2.45) is 11.3 Å². The molecule has 0 aromatic carbocycles. The van der Waals surface area contributed by atoms with E-state index in [4.69, 9.17) is 0 Å². The van der Waals surface area contributed by atoms with Gasteiger partial charge in [0.15, 0.2) is 0 Å². The number of ether oxygens (including phenoxy) is 1. The van der Waals surface area contributed by atoms with Crippen LogP contribution in [-0.4, -0.2) is 50.6 Å². The summed E-state index contributed by atoms with van der Waals surface area (Å²) in [5.74, 6) is -5.49. The highest BCUT2D eigenvalue weighted by molar-refractivity contribution is 5.09. The van der Waals surface area contributed by atoms with Crippen LogP contribution in [-0.2, 0) is 4.74 Å². The van der Waals surface area contributed by atoms with Gasteiger partial charge < -0.3 is 9.64 Å². The molecule has 0 aromatic heterocycles. The van der Waals surface area contributed by atoms with E-state index in [1.807, 2.05) is 18.7 Å². The van der Waals surface area contributed by atoms with Gasteiger partial charge in [-0.15, -0.1) is 0 Å². The van der Waals surface area contributed by atoms with E-state index in [1.54, 1.807) is 14.2 Å². The van der Waals surface area contributed by atoms with Crippen LogP contribution in [0.1, 0.15) is 33.1 Å². The van der Waals surface area contributed by atoms with Crippen LogP contribution >= 0.6 is 0 Å². The molecule has 1 aliphatic heterocycles. The predicted molar refractivity (Wildman–Crippen MR) is 70.4 cm³/mol. The van der Waals surface area contributed by atoms with E-state index in [9.17, 15) is 17.6 Å². The molecule has 0 aromatic rings. The lowest BCUT2D eigenvalue weighted by atomic mass is 9.61. The van der Waals surface area contributed by atoms with E-state index in [2.05, 4.69) is 4.74 Å². The molecular formula is C14H25F4NO. The molecule has 1 heterocycles. The lowest BCUT2D eigenvalue weighted by Gasteiger charge is -2.58. The molecule has 0 N–H and O–H groups in total. The molecular weight excluding hydrogens is 274 g/mol. The van der Waals surface area contributed by atoms with Gasteiger partial charge in [-0.05, 0) is 0 Å². The van der Waals surface area contributed by atoms with Gasteiger partial charge in [0.1, 0.15) is 0 Å². The third-order valence-electron chi connectivity index (χ3n) is 3.82. The summed E-state index contributed by atoms with van der Waals surface area (Å²) in [5, 5.41) is 0. The molecule has 1 saturated heterocycles. The highest BCUT2D eigenvalue weighted by Crippen LogP contribution is 2.58. The van der Waals surface area contributed by atoms with Gasteiger partial charge in [-0.25, -0.2) is 17.6 Å². The summed E-state index contributed by atoms with van der Waals surface area (Å²) >= 11 is 0. The molecule has 1 spiro atoms. The maximum Gasteiger partial charge on any atom is 0.252 e. The number of hydrogen-bond donors (Lipinski definition) is 0. The third-order valence-corrected chi connectivity index (χ3v) is 3.82. The highest BCUT2D eigenvalue weighted by Gasteiger charge is 2.64. The molecule has 3 rings (SSSR count). The van der Waals surface area contributed by atoms with Crippen LogP contribution in [0.3, 0.4) is 0 Å². The van der Waals surface area contributed by atoms with Crippen molar-refractivity contribution in [3.05, 3.63) is 0 Å². The fourth-order valence-electron chi connectivity index (χ4n) is 3.08. The zero-order chi connectivity index (χ0) is 15.6. The predicted octanol–water partition coefficient (Wildman–Crippen LogP) is 3.66. The summed E-state index contributed by atoms with van der Waals surface area (Å²) in [4.78, 5) is 1.89. The van der Waals surface area contributed by atoms with Crippen LogP contribution in [0, 0.1) is 11.3 Å².